The van der Waals surface area contributed by atoms with Gasteiger partial charge in [0.05, 0.1) is 11.1 Å². The minimum atomic E-state index is -1.23. The molecule has 2 aromatic rings. The van der Waals surface area contributed by atoms with Crippen LogP contribution >= 0.6 is 0 Å². The van der Waals surface area contributed by atoms with E-state index in [1.165, 1.54) is 12.1 Å². The summed E-state index contributed by atoms with van der Waals surface area (Å²) in [5, 5.41) is 56.1. The molecule has 0 saturated carbocycles. The highest BCUT2D eigenvalue weighted by molar-refractivity contribution is 5.94. The lowest BCUT2D eigenvalue weighted by Gasteiger charge is -2.01. The summed E-state index contributed by atoms with van der Waals surface area (Å²) < 4.78 is 0. The van der Waals surface area contributed by atoms with Crippen molar-refractivity contribution in [3.8, 4) is 23.6 Å². The van der Waals surface area contributed by atoms with Crippen LogP contribution in [0.5, 0.6) is 11.5 Å². The summed E-state index contributed by atoms with van der Waals surface area (Å²) >= 11 is 0. The van der Waals surface area contributed by atoms with Crippen molar-refractivity contribution >= 4 is 24.4 Å². The molecular weight excluding hydrogens is 392 g/mol. The molecule has 0 fully saturated rings. The van der Waals surface area contributed by atoms with Gasteiger partial charge in [-0.05, 0) is 36.4 Å². The third-order valence-corrected chi connectivity index (χ3v) is 3.65. The van der Waals surface area contributed by atoms with Gasteiger partial charge in [-0.1, -0.05) is 0 Å². The Bertz CT molecular complexity index is 1110. The molecule has 0 spiro atoms. The van der Waals surface area contributed by atoms with E-state index in [1.54, 1.807) is 12.1 Å². The number of nitriles is 2. The van der Waals surface area contributed by atoms with Gasteiger partial charge in [0, 0.05) is 23.6 Å². The van der Waals surface area contributed by atoms with Crippen molar-refractivity contribution < 1.29 is 30.0 Å². The van der Waals surface area contributed by atoms with Crippen molar-refractivity contribution in [3.05, 3.63) is 70.0 Å². The number of aliphatic imine (C=N–C) groups is 2. The van der Waals surface area contributed by atoms with E-state index in [2.05, 4.69) is 9.98 Å². The SMILES string of the molecule is N#C/C(N=Cc1cc(C(=O)O)ccc1O)=C(/C#N)N=Cc1cc(C(=O)O)ccc1O. The van der Waals surface area contributed by atoms with E-state index in [0.29, 0.717) is 0 Å². The van der Waals surface area contributed by atoms with Crippen LogP contribution in [0.4, 0.5) is 0 Å². The van der Waals surface area contributed by atoms with Crippen molar-refractivity contribution in [2.45, 2.75) is 0 Å². The minimum absolute atomic E-state index is 0.00396. The van der Waals surface area contributed by atoms with Crippen molar-refractivity contribution in [1.29, 1.82) is 10.5 Å². The molecule has 0 atom stereocenters. The van der Waals surface area contributed by atoms with E-state index in [9.17, 15) is 30.3 Å². The molecule has 0 saturated heterocycles. The fourth-order valence-electron chi connectivity index (χ4n) is 2.14. The van der Waals surface area contributed by atoms with Gasteiger partial charge in [0.1, 0.15) is 23.6 Å². The van der Waals surface area contributed by atoms with Crippen LogP contribution in [-0.2, 0) is 0 Å². The molecule has 30 heavy (non-hydrogen) atoms. The second-order valence-electron chi connectivity index (χ2n) is 5.59. The molecule has 0 aliphatic carbocycles. The molecule has 0 radical (unpaired) electrons. The predicted octanol–water partition coefficient (Wildman–Crippen LogP) is 2.29. The molecule has 0 bridgehead atoms. The van der Waals surface area contributed by atoms with Crippen molar-refractivity contribution in [2.24, 2.45) is 9.98 Å². The molecule has 10 nitrogen and oxygen atoms in total. The monoisotopic (exact) mass is 404 g/mol. The Morgan fingerprint density at radius 3 is 1.43 bits per heavy atom. The Hall–Kier alpha value is -4.96. The minimum Gasteiger partial charge on any atom is -0.507 e. The molecular formula is C20H12N4O6. The summed E-state index contributed by atoms with van der Waals surface area (Å²) in [5.74, 6) is -3.05. The van der Waals surface area contributed by atoms with Gasteiger partial charge in [-0.3, -0.25) is 0 Å². The molecule has 4 N–H and O–H groups in total. The zero-order chi connectivity index (χ0) is 22.3. The molecule has 148 valence electrons. The molecule has 0 aliphatic heterocycles. The number of aromatic hydroxyl groups is 2. The van der Waals surface area contributed by atoms with Crippen LogP contribution in [0, 0.1) is 22.7 Å². The first-order valence-electron chi connectivity index (χ1n) is 8.02. The molecule has 0 heterocycles. The number of phenolic OH excluding ortho intramolecular Hbond substituents is 2. The van der Waals surface area contributed by atoms with Crippen LogP contribution in [0.25, 0.3) is 0 Å². The summed E-state index contributed by atoms with van der Waals surface area (Å²) in [4.78, 5) is 29.6. The predicted molar refractivity (Wildman–Crippen MR) is 104 cm³/mol. The van der Waals surface area contributed by atoms with Crippen LogP contribution < -0.4 is 0 Å². The Labute approximate surface area is 169 Å². The van der Waals surface area contributed by atoms with Gasteiger partial charge in [-0.25, -0.2) is 19.6 Å². The lowest BCUT2D eigenvalue weighted by Crippen LogP contribution is -1.98. The van der Waals surface area contributed by atoms with Crippen molar-refractivity contribution in [3.63, 3.8) is 0 Å². The first kappa shape index (κ1) is 21.3. The third-order valence-electron chi connectivity index (χ3n) is 3.65. The maximum atomic E-state index is 11.0. The maximum Gasteiger partial charge on any atom is 0.335 e. The van der Waals surface area contributed by atoms with E-state index in [0.717, 1.165) is 36.7 Å². The van der Waals surface area contributed by atoms with E-state index in [4.69, 9.17) is 10.2 Å². The molecule has 0 aromatic heterocycles. The van der Waals surface area contributed by atoms with Gasteiger partial charge in [0.25, 0.3) is 0 Å². The van der Waals surface area contributed by atoms with Crippen LogP contribution in [0.1, 0.15) is 31.8 Å². The zero-order valence-corrected chi connectivity index (χ0v) is 15.0. The zero-order valence-electron chi connectivity index (χ0n) is 15.0. The summed E-state index contributed by atoms with van der Waals surface area (Å²) in [7, 11) is 0. The number of hydrogen-bond donors (Lipinski definition) is 4. The molecule has 10 heteroatoms. The fraction of sp³-hybridized carbons (Fsp3) is 0. The number of carbonyl (C=O) groups is 2. The number of phenols is 2. The normalized spacial score (nSPS) is 11.7. The molecule has 0 aliphatic rings. The van der Waals surface area contributed by atoms with Crippen LogP contribution in [-0.4, -0.2) is 44.8 Å². The van der Waals surface area contributed by atoms with Crippen LogP contribution in [0.3, 0.4) is 0 Å². The number of aromatic carboxylic acids is 2. The lowest BCUT2D eigenvalue weighted by atomic mass is 10.1. The van der Waals surface area contributed by atoms with Crippen molar-refractivity contribution in [1.82, 2.24) is 0 Å². The number of carboxylic acid groups (broad SMARTS) is 2. The summed E-state index contributed by atoms with van der Waals surface area (Å²) in [6.07, 6.45) is 1.99. The van der Waals surface area contributed by atoms with E-state index in [1.807, 2.05) is 0 Å². The molecule has 2 rings (SSSR count). The average molecular weight is 404 g/mol. The average Bonchev–Trinajstić information content (AvgIpc) is 2.72. The van der Waals surface area contributed by atoms with Gasteiger partial charge >= 0.3 is 11.9 Å². The third kappa shape index (κ3) is 5.06. The smallest absolute Gasteiger partial charge is 0.335 e. The number of allylic oxidation sites excluding steroid dienone is 2. The first-order valence-corrected chi connectivity index (χ1v) is 8.02. The standard InChI is InChI=1S/C20H12N4O6/c21-7-15(23-9-13-5-11(19(27)28)1-3-17(13)25)16(8-22)24-10-14-6-12(20(29)30)2-4-18(14)26/h1-6,9-10,25-26H,(H,27,28)(H,29,30)/b16-15+,23-9?,24-10?. The summed E-state index contributed by atoms with van der Waals surface area (Å²) in [6, 6.07) is 10.2. The second kappa shape index (κ2) is 9.30. The number of hydrogen-bond acceptors (Lipinski definition) is 8. The lowest BCUT2D eigenvalue weighted by molar-refractivity contribution is 0.0686. The maximum absolute atomic E-state index is 11.0. The number of benzene rings is 2. The topological polar surface area (TPSA) is 187 Å². The number of nitrogens with zero attached hydrogens (tertiary/aromatic N) is 4. The van der Waals surface area contributed by atoms with E-state index >= 15 is 0 Å². The Morgan fingerprint density at radius 2 is 1.13 bits per heavy atom. The Kier molecular flexibility index (Phi) is 6.62. The van der Waals surface area contributed by atoms with Gasteiger partial charge in [-0.15, -0.1) is 0 Å². The van der Waals surface area contributed by atoms with Crippen LogP contribution in [0.2, 0.25) is 0 Å². The first-order chi connectivity index (χ1) is 14.3. The Morgan fingerprint density at radius 1 is 0.767 bits per heavy atom. The van der Waals surface area contributed by atoms with Gasteiger partial charge in [0.15, 0.2) is 11.4 Å². The Balaban J connectivity index is 2.43. The van der Waals surface area contributed by atoms with Gasteiger partial charge in [-0.2, -0.15) is 10.5 Å². The van der Waals surface area contributed by atoms with Crippen LogP contribution in [0.15, 0.2) is 57.8 Å². The highest BCUT2D eigenvalue weighted by atomic mass is 16.4. The molecule has 2 aromatic carbocycles. The largest absolute Gasteiger partial charge is 0.507 e. The van der Waals surface area contributed by atoms with E-state index < -0.39 is 23.3 Å². The number of carboxylic acids is 2. The molecule has 0 amide bonds. The van der Waals surface area contributed by atoms with Gasteiger partial charge < -0.3 is 20.4 Å². The quantitative estimate of drug-likeness (QED) is 0.417. The molecule has 0 unspecified atom stereocenters. The fourth-order valence-corrected chi connectivity index (χ4v) is 2.14. The highest BCUT2D eigenvalue weighted by Gasteiger charge is 2.09. The van der Waals surface area contributed by atoms with E-state index in [-0.39, 0.29) is 33.8 Å². The van der Waals surface area contributed by atoms with Gasteiger partial charge in [0.2, 0.25) is 0 Å². The number of rotatable bonds is 6. The second-order valence-corrected chi connectivity index (χ2v) is 5.59. The summed E-state index contributed by atoms with van der Waals surface area (Å²) in [5.41, 5.74) is -1.16. The summed E-state index contributed by atoms with van der Waals surface area (Å²) in [6.45, 7) is 0. The highest BCUT2D eigenvalue weighted by Crippen LogP contribution is 2.19. The van der Waals surface area contributed by atoms with Crippen molar-refractivity contribution in [2.75, 3.05) is 0 Å².